The average molecular weight is 226 g/mol. The Morgan fingerprint density at radius 3 is 2.53 bits per heavy atom. The van der Waals surface area contributed by atoms with Crippen molar-refractivity contribution in [2.45, 2.75) is 12.8 Å². The number of ketones is 1. The lowest BCUT2D eigenvalue weighted by Gasteiger charge is -2.07. The maximum atomic E-state index is 13.2. The summed E-state index contributed by atoms with van der Waals surface area (Å²) in [6.45, 7) is 0. The fraction of sp³-hybridized carbons (Fsp3) is 0.133. The van der Waals surface area contributed by atoms with E-state index in [1.165, 1.54) is 12.1 Å². The molecule has 0 bridgehead atoms. The van der Waals surface area contributed by atoms with Crippen LogP contribution in [0.4, 0.5) is 4.39 Å². The van der Waals surface area contributed by atoms with E-state index in [-0.39, 0.29) is 11.6 Å². The molecule has 0 spiro atoms. The van der Waals surface area contributed by atoms with Crippen LogP contribution < -0.4 is 0 Å². The molecule has 0 amide bonds. The number of halogens is 1. The van der Waals surface area contributed by atoms with Crippen molar-refractivity contribution in [3.05, 3.63) is 59.4 Å². The van der Waals surface area contributed by atoms with Crippen LogP contribution in [0.2, 0.25) is 0 Å². The Labute approximate surface area is 98.9 Å². The first-order chi connectivity index (χ1) is 8.25. The minimum Gasteiger partial charge on any atom is -0.294 e. The number of hydrogen-bond acceptors (Lipinski definition) is 1. The fourth-order valence-corrected chi connectivity index (χ4v) is 2.42. The van der Waals surface area contributed by atoms with Crippen LogP contribution in [0.1, 0.15) is 22.3 Å². The molecule has 0 fully saturated rings. The lowest BCUT2D eigenvalue weighted by Crippen LogP contribution is -1.92. The van der Waals surface area contributed by atoms with Crippen LogP contribution in [0.3, 0.4) is 0 Å². The van der Waals surface area contributed by atoms with Gasteiger partial charge in [-0.25, -0.2) is 4.39 Å². The van der Waals surface area contributed by atoms with E-state index < -0.39 is 0 Å². The van der Waals surface area contributed by atoms with Gasteiger partial charge in [0.2, 0.25) is 0 Å². The second-order valence-electron chi connectivity index (χ2n) is 4.27. The zero-order chi connectivity index (χ0) is 11.8. The molecule has 1 aliphatic rings. The van der Waals surface area contributed by atoms with Gasteiger partial charge in [0.05, 0.1) is 0 Å². The van der Waals surface area contributed by atoms with E-state index in [4.69, 9.17) is 0 Å². The molecule has 1 nitrogen and oxygen atoms in total. The van der Waals surface area contributed by atoms with Gasteiger partial charge in [0.1, 0.15) is 5.82 Å². The third kappa shape index (κ3) is 1.66. The van der Waals surface area contributed by atoms with Gasteiger partial charge in [-0.2, -0.15) is 0 Å². The van der Waals surface area contributed by atoms with Gasteiger partial charge in [0.25, 0.3) is 0 Å². The van der Waals surface area contributed by atoms with E-state index in [1.54, 1.807) is 6.07 Å². The molecule has 1 aliphatic carbocycles. The Balaban J connectivity index is 2.20. The summed E-state index contributed by atoms with van der Waals surface area (Å²) in [7, 11) is 0. The molecule has 2 aromatic rings. The van der Waals surface area contributed by atoms with E-state index in [9.17, 15) is 9.18 Å². The first-order valence-electron chi connectivity index (χ1n) is 5.67. The van der Waals surface area contributed by atoms with Crippen LogP contribution in [0.25, 0.3) is 11.1 Å². The summed E-state index contributed by atoms with van der Waals surface area (Å²) in [4.78, 5) is 11.6. The predicted octanol–water partition coefficient (Wildman–Crippen LogP) is 3.62. The molecule has 0 heterocycles. The Kier molecular flexibility index (Phi) is 2.29. The van der Waals surface area contributed by atoms with Gasteiger partial charge in [0.15, 0.2) is 5.78 Å². The number of hydrogen-bond donors (Lipinski definition) is 0. The van der Waals surface area contributed by atoms with Crippen LogP contribution in [-0.4, -0.2) is 5.78 Å². The topological polar surface area (TPSA) is 17.1 Å². The Morgan fingerprint density at radius 2 is 1.71 bits per heavy atom. The molecule has 0 aromatic heterocycles. The van der Waals surface area contributed by atoms with Gasteiger partial charge in [-0.1, -0.05) is 30.3 Å². The van der Waals surface area contributed by atoms with E-state index in [2.05, 4.69) is 0 Å². The molecule has 2 heteroatoms. The summed E-state index contributed by atoms with van der Waals surface area (Å²) < 4.78 is 13.2. The molecule has 0 saturated heterocycles. The SMILES string of the molecule is O=C1CCc2c1cccc2-c1cccc(F)c1. The molecule has 0 N–H and O–H groups in total. The van der Waals surface area contributed by atoms with E-state index in [1.807, 2.05) is 24.3 Å². The van der Waals surface area contributed by atoms with Crippen LogP contribution in [0.5, 0.6) is 0 Å². The molecule has 0 unspecified atom stereocenters. The highest BCUT2D eigenvalue weighted by molar-refractivity contribution is 6.02. The Hall–Kier alpha value is -1.96. The molecule has 3 rings (SSSR count). The van der Waals surface area contributed by atoms with Gasteiger partial charge >= 0.3 is 0 Å². The number of carbonyl (C=O) groups excluding carboxylic acids is 1. The summed E-state index contributed by atoms with van der Waals surface area (Å²) in [5.41, 5.74) is 3.68. The number of fused-ring (bicyclic) bond motifs is 1. The summed E-state index contributed by atoms with van der Waals surface area (Å²) in [5, 5.41) is 0. The summed E-state index contributed by atoms with van der Waals surface area (Å²) in [6, 6.07) is 12.2. The van der Waals surface area contributed by atoms with Crippen molar-refractivity contribution in [3.8, 4) is 11.1 Å². The van der Waals surface area contributed by atoms with Crippen molar-refractivity contribution in [1.29, 1.82) is 0 Å². The second-order valence-corrected chi connectivity index (χ2v) is 4.27. The molecular formula is C15H11FO. The summed E-state index contributed by atoms with van der Waals surface area (Å²) in [6.07, 6.45) is 1.34. The molecule has 0 radical (unpaired) electrons. The zero-order valence-corrected chi connectivity index (χ0v) is 9.24. The summed E-state index contributed by atoms with van der Waals surface area (Å²) in [5.74, 6) is -0.0531. The predicted molar refractivity (Wildman–Crippen MR) is 64.5 cm³/mol. The highest BCUT2D eigenvalue weighted by atomic mass is 19.1. The van der Waals surface area contributed by atoms with Crippen LogP contribution in [0.15, 0.2) is 42.5 Å². The van der Waals surface area contributed by atoms with Crippen molar-refractivity contribution in [2.75, 3.05) is 0 Å². The molecule has 84 valence electrons. The maximum absolute atomic E-state index is 13.2. The van der Waals surface area contributed by atoms with Crippen molar-refractivity contribution in [1.82, 2.24) is 0 Å². The van der Waals surface area contributed by atoms with E-state index >= 15 is 0 Å². The number of rotatable bonds is 1. The van der Waals surface area contributed by atoms with Crippen molar-refractivity contribution < 1.29 is 9.18 Å². The highest BCUT2D eigenvalue weighted by Gasteiger charge is 2.22. The second kappa shape index (κ2) is 3.81. The number of carbonyl (C=O) groups is 1. The molecule has 17 heavy (non-hydrogen) atoms. The maximum Gasteiger partial charge on any atom is 0.163 e. The molecular weight excluding hydrogens is 215 g/mol. The lowest BCUT2D eigenvalue weighted by atomic mass is 9.97. The minimum atomic E-state index is -0.246. The third-order valence-corrected chi connectivity index (χ3v) is 3.21. The van der Waals surface area contributed by atoms with Crippen molar-refractivity contribution in [2.24, 2.45) is 0 Å². The lowest BCUT2D eigenvalue weighted by molar-refractivity contribution is 0.0994. The molecule has 0 atom stereocenters. The first-order valence-corrected chi connectivity index (χ1v) is 5.67. The summed E-state index contributed by atoms with van der Waals surface area (Å²) >= 11 is 0. The van der Waals surface area contributed by atoms with Gasteiger partial charge < -0.3 is 0 Å². The molecule has 0 aliphatic heterocycles. The first kappa shape index (κ1) is 10.2. The van der Waals surface area contributed by atoms with Crippen molar-refractivity contribution >= 4 is 5.78 Å². The molecule has 0 saturated carbocycles. The van der Waals surface area contributed by atoms with Gasteiger partial charge in [-0.05, 0) is 35.2 Å². The van der Waals surface area contributed by atoms with Gasteiger partial charge in [0, 0.05) is 12.0 Å². The van der Waals surface area contributed by atoms with Gasteiger partial charge in [-0.3, -0.25) is 4.79 Å². The Morgan fingerprint density at radius 1 is 0.941 bits per heavy atom. The quantitative estimate of drug-likeness (QED) is 0.725. The van der Waals surface area contributed by atoms with E-state index in [0.717, 1.165) is 28.7 Å². The number of benzene rings is 2. The monoisotopic (exact) mass is 226 g/mol. The normalized spacial score (nSPS) is 13.8. The average Bonchev–Trinajstić information content (AvgIpc) is 2.71. The van der Waals surface area contributed by atoms with Crippen LogP contribution in [0, 0.1) is 5.82 Å². The highest BCUT2D eigenvalue weighted by Crippen LogP contribution is 2.32. The smallest absolute Gasteiger partial charge is 0.163 e. The molecule has 2 aromatic carbocycles. The fourth-order valence-electron chi connectivity index (χ4n) is 2.42. The third-order valence-electron chi connectivity index (χ3n) is 3.21. The largest absolute Gasteiger partial charge is 0.294 e. The van der Waals surface area contributed by atoms with Crippen LogP contribution >= 0.6 is 0 Å². The zero-order valence-electron chi connectivity index (χ0n) is 9.24. The standard InChI is InChI=1S/C15H11FO/c16-11-4-1-3-10(9-11)12-5-2-6-14-13(12)7-8-15(14)17/h1-6,9H,7-8H2. The minimum absolute atomic E-state index is 0.193. The van der Waals surface area contributed by atoms with Gasteiger partial charge in [-0.15, -0.1) is 0 Å². The Bertz CT molecular complexity index is 602. The van der Waals surface area contributed by atoms with E-state index in [0.29, 0.717) is 6.42 Å². The number of Topliss-reactive ketones (excluding diaryl/α,β-unsaturated/α-hetero) is 1. The van der Waals surface area contributed by atoms with Crippen molar-refractivity contribution in [3.63, 3.8) is 0 Å². The van der Waals surface area contributed by atoms with Crippen LogP contribution in [-0.2, 0) is 6.42 Å².